The van der Waals surface area contributed by atoms with Gasteiger partial charge in [-0.1, -0.05) is 12.1 Å². The van der Waals surface area contributed by atoms with Crippen LogP contribution in [0.3, 0.4) is 0 Å². The number of nitrogens with one attached hydrogen (secondary N) is 1. The van der Waals surface area contributed by atoms with Crippen molar-refractivity contribution in [2.75, 3.05) is 13.2 Å². The Bertz CT molecular complexity index is 558. The number of carbonyl (C=O) groups excluding carboxylic acids is 1. The van der Waals surface area contributed by atoms with E-state index in [-0.39, 0.29) is 23.7 Å². The van der Waals surface area contributed by atoms with Crippen LogP contribution in [0.1, 0.15) is 35.2 Å². The zero-order valence-corrected chi connectivity index (χ0v) is 12.3. The molecule has 2 unspecified atom stereocenters. The van der Waals surface area contributed by atoms with Gasteiger partial charge < -0.3 is 20.1 Å². The fourth-order valence-corrected chi connectivity index (χ4v) is 3.22. The van der Waals surface area contributed by atoms with E-state index < -0.39 is 5.97 Å². The molecule has 2 amide bonds. The Balaban J connectivity index is 1.56. The predicted octanol–water partition coefficient (Wildman–Crippen LogP) is 1.85. The molecule has 1 heterocycles. The van der Waals surface area contributed by atoms with Gasteiger partial charge in [0, 0.05) is 13.1 Å². The number of aromatic carboxylic acids is 1. The molecular weight excluding hydrogens is 284 g/mol. The summed E-state index contributed by atoms with van der Waals surface area (Å²) in [6.45, 7) is 1.63. The molecule has 0 bridgehead atoms. The molecule has 1 aliphatic heterocycles. The van der Waals surface area contributed by atoms with Crippen LogP contribution in [0, 0.1) is 0 Å². The normalized spacial score (nSPS) is 23.9. The van der Waals surface area contributed by atoms with Crippen molar-refractivity contribution in [2.24, 2.45) is 0 Å². The summed E-state index contributed by atoms with van der Waals surface area (Å²) in [5.74, 6) is -0.948. The molecule has 6 nitrogen and oxygen atoms in total. The molecule has 1 saturated carbocycles. The lowest BCUT2D eigenvalue weighted by atomic mass is 10.1. The molecule has 1 aromatic rings. The maximum Gasteiger partial charge on any atom is 0.335 e. The number of hydrogen-bond donors (Lipinski definition) is 2. The summed E-state index contributed by atoms with van der Waals surface area (Å²) >= 11 is 0. The van der Waals surface area contributed by atoms with E-state index in [0.717, 1.165) is 24.8 Å². The second kappa shape index (κ2) is 6.36. The molecule has 0 radical (unpaired) electrons. The van der Waals surface area contributed by atoms with Gasteiger partial charge in [-0.2, -0.15) is 0 Å². The van der Waals surface area contributed by atoms with Crippen molar-refractivity contribution >= 4 is 12.0 Å². The van der Waals surface area contributed by atoms with Crippen LogP contribution >= 0.6 is 0 Å². The van der Waals surface area contributed by atoms with Gasteiger partial charge in [0.1, 0.15) is 0 Å². The minimum absolute atomic E-state index is 0.0671. The number of benzene rings is 1. The molecule has 3 rings (SSSR count). The number of fused-ring (bicyclic) bond motifs is 1. The van der Waals surface area contributed by atoms with Crippen LogP contribution in [0.5, 0.6) is 0 Å². The number of amides is 2. The van der Waals surface area contributed by atoms with E-state index in [9.17, 15) is 9.59 Å². The van der Waals surface area contributed by atoms with Gasteiger partial charge in [0.05, 0.1) is 24.3 Å². The molecule has 0 spiro atoms. The lowest BCUT2D eigenvalue weighted by molar-refractivity contribution is -0.0383. The zero-order valence-electron chi connectivity index (χ0n) is 12.3. The minimum Gasteiger partial charge on any atom is -0.478 e. The zero-order chi connectivity index (χ0) is 15.5. The summed E-state index contributed by atoms with van der Waals surface area (Å²) < 4.78 is 5.70. The fourth-order valence-electron chi connectivity index (χ4n) is 3.22. The monoisotopic (exact) mass is 304 g/mol. The Morgan fingerprint density at radius 1 is 1.27 bits per heavy atom. The lowest BCUT2D eigenvalue weighted by Gasteiger charge is -2.37. The topological polar surface area (TPSA) is 78.9 Å². The smallest absolute Gasteiger partial charge is 0.335 e. The van der Waals surface area contributed by atoms with Crippen LogP contribution in [0.25, 0.3) is 0 Å². The Labute approximate surface area is 129 Å². The fraction of sp³-hybridized carbons (Fsp3) is 0.500. The Morgan fingerprint density at radius 3 is 2.77 bits per heavy atom. The van der Waals surface area contributed by atoms with Crippen LogP contribution in [0.4, 0.5) is 4.79 Å². The van der Waals surface area contributed by atoms with Crippen molar-refractivity contribution in [3.8, 4) is 0 Å². The highest BCUT2D eigenvalue weighted by Crippen LogP contribution is 2.29. The van der Waals surface area contributed by atoms with Gasteiger partial charge in [-0.3, -0.25) is 0 Å². The third-order valence-corrected chi connectivity index (χ3v) is 4.39. The standard InChI is InChI=1S/C16H20N2O4/c19-15(20)12-6-4-11(5-7-12)10-17-16(21)18-8-9-22-14-3-1-2-13(14)18/h4-7,13-14H,1-3,8-10H2,(H,17,21)(H,19,20). The van der Waals surface area contributed by atoms with Gasteiger partial charge in [0.2, 0.25) is 0 Å². The molecule has 22 heavy (non-hydrogen) atoms. The average molecular weight is 304 g/mol. The summed E-state index contributed by atoms with van der Waals surface area (Å²) in [5.41, 5.74) is 1.13. The number of carboxylic acids is 1. The third kappa shape index (κ3) is 3.06. The van der Waals surface area contributed by atoms with Gasteiger partial charge in [-0.05, 0) is 37.0 Å². The number of hydrogen-bond acceptors (Lipinski definition) is 3. The van der Waals surface area contributed by atoms with Crippen molar-refractivity contribution in [2.45, 2.75) is 38.0 Å². The number of ether oxygens (including phenoxy) is 1. The molecule has 118 valence electrons. The Hall–Kier alpha value is -2.08. The van der Waals surface area contributed by atoms with Crippen molar-refractivity contribution in [3.05, 3.63) is 35.4 Å². The maximum atomic E-state index is 12.4. The summed E-state index contributed by atoms with van der Waals surface area (Å²) in [6, 6.07) is 6.67. The molecular formula is C16H20N2O4. The molecule has 2 N–H and O–H groups in total. The van der Waals surface area contributed by atoms with E-state index >= 15 is 0 Å². The number of urea groups is 1. The summed E-state index contributed by atoms with van der Waals surface area (Å²) in [4.78, 5) is 25.0. The first-order valence-corrected chi connectivity index (χ1v) is 7.63. The van der Waals surface area contributed by atoms with E-state index in [2.05, 4.69) is 5.32 Å². The van der Waals surface area contributed by atoms with Gasteiger partial charge in [0.25, 0.3) is 0 Å². The molecule has 6 heteroatoms. The summed E-state index contributed by atoms with van der Waals surface area (Å²) in [6.07, 6.45) is 3.33. The van der Waals surface area contributed by atoms with Crippen LogP contribution < -0.4 is 5.32 Å². The highest BCUT2D eigenvalue weighted by Gasteiger charge is 2.38. The highest BCUT2D eigenvalue weighted by molar-refractivity contribution is 5.87. The third-order valence-electron chi connectivity index (χ3n) is 4.39. The van der Waals surface area contributed by atoms with Crippen LogP contribution in [-0.2, 0) is 11.3 Å². The molecule has 1 aliphatic carbocycles. The Kier molecular flexibility index (Phi) is 4.29. The first kappa shape index (κ1) is 14.8. The largest absolute Gasteiger partial charge is 0.478 e. The average Bonchev–Trinajstić information content (AvgIpc) is 3.01. The second-order valence-electron chi connectivity index (χ2n) is 5.76. The van der Waals surface area contributed by atoms with E-state index in [0.29, 0.717) is 19.7 Å². The van der Waals surface area contributed by atoms with E-state index in [1.807, 2.05) is 4.90 Å². The van der Waals surface area contributed by atoms with Gasteiger partial charge >= 0.3 is 12.0 Å². The summed E-state index contributed by atoms with van der Waals surface area (Å²) in [7, 11) is 0. The van der Waals surface area contributed by atoms with Crippen molar-refractivity contribution < 1.29 is 19.4 Å². The predicted molar refractivity (Wildman–Crippen MR) is 79.7 cm³/mol. The maximum absolute atomic E-state index is 12.4. The second-order valence-corrected chi connectivity index (χ2v) is 5.76. The van der Waals surface area contributed by atoms with E-state index in [4.69, 9.17) is 9.84 Å². The first-order valence-electron chi connectivity index (χ1n) is 7.63. The van der Waals surface area contributed by atoms with E-state index in [1.54, 1.807) is 24.3 Å². The molecule has 2 aliphatic rings. The lowest BCUT2D eigenvalue weighted by Crippen LogP contribution is -2.54. The molecule has 0 aromatic heterocycles. The summed E-state index contributed by atoms with van der Waals surface area (Å²) in [5, 5.41) is 11.8. The SMILES string of the molecule is O=C(O)c1ccc(CNC(=O)N2CCOC3CCCC32)cc1. The van der Waals surface area contributed by atoms with Gasteiger partial charge in [-0.15, -0.1) is 0 Å². The number of carbonyl (C=O) groups is 2. The van der Waals surface area contributed by atoms with Crippen molar-refractivity contribution in [1.29, 1.82) is 0 Å². The van der Waals surface area contributed by atoms with Gasteiger partial charge in [0.15, 0.2) is 0 Å². The minimum atomic E-state index is -0.948. The van der Waals surface area contributed by atoms with Gasteiger partial charge in [-0.25, -0.2) is 9.59 Å². The number of morpholine rings is 1. The highest BCUT2D eigenvalue weighted by atomic mass is 16.5. The quantitative estimate of drug-likeness (QED) is 0.893. The molecule has 2 fully saturated rings. The van der Waals surface area contributed by atoms with Crippen molar-refractivity contribution in [3.63, 3.8) is 0 Å². The first-order chi connectivity index (χ1) is 10.6. The Morgan fingerprint density at radius 2 is 2.05 bits per heavy atom. The van der Waals surface area contributed by atoms with Crippen LogP contribution in [0.2, 0.25) is 0 Å². The number of rotatable bonds is 3. The molecule has 1 aromatic carbocycles. The number of nitrogens with zero attached hydrogens (tertiary/aromatic N) is 1. The van der Waals surface area contributed by atoms with Crippen LogP contribution in [-0.4, -0.2) is 47.3 Å². The molecule has 1 saturated heterocycles. The molecule has 2 atom stereocenters. The van der Waals surface area contributed by atoms with Crippen LogP contribution in [0.15, 0.2) is 24.3 Å². The van der Waals surface area contributed by atoms with E-state index in [1.165, 1.54) is 0 Å². The van der Waals surface area contributed by atoms with Crippen molar-refractivity contribution in [1.82, 2.24) is 10.2 Å². The number of carboxylic acid groups (broad SMARTS) is 1.